The van der Waals surface area contributed by atoms with E-state index in [-0.39, 0.29) is 35.3 Å². The molecule has 2 rings (SSSR count). The third kappa shape index (κ3) is 3.77. The van der Waals surface area contributed by atoms with Crippen LogP contribution in [0.3, 0.4) is 0 Å². The summed E-state index contributed by atoms with van der Waals surface area (Å²) in [5.41, 5.74) is 5.70. The number of hydrogen-bond acceptors (Lipinski definition) is 4. The zero-order valence-electron chi connectivity index (χ0n) is 14.8. The minimum absolute atomic E-state index is 0. The number of carbonyl (C=O) groups excluding carboxylic acids is 2. The molecule has 2 atom stereocenters. The van der Waals surface area contributed by atoms with Crippen molar-refractivity contribution in [1.82, 2.24) is 5.32 Å². The van der Waals surface area contributed by atoms with Crippen LogP contribution in [-0.2, 0) is 9.53 Å². The highest BCUT2D eigenvalue weighted by Gasteiger charge is 2.62. The Morgan fingerprint density at radius 3 is 2.52 bits per heavy atom. The summed E-state index contributed by atoms with van der Waals surface area (Å²) in [6, 6.07) is 4.73. The average molecular weight is 390 g/mol. The minimum atomic E-state index is -1.02. The summed E-state index contributed by atoms with van der Waals surface area (Å²) >= 11 is 6.11. The van der Waals surface area contributed by atoms with Crippen molar-refractivity contribution in [3.8, 4) is 0 Å². The molecule has 140 valence electrons. The molecule has 1 saturated carbocycles. The van der Waals surface area contributed by atoms with Gasteiger partial charge in [0.1, 0.15) is 5.54 Å². The van der Waals surface area contributed by atoms with Gasteiger partial charge in [0.25, 0.3) is 5.91 Å². The first-order chi connectivity index (χ1) is 11.2. The van der Waals surface area contributed by atoms with Gasteiger partial charge in [-0.3, -0.25) is 9.59 Å². The van der Waals surface area contributed by atoms with Gasteiger partial charge in [-0.1, -0.05) is 25.4 Å². The molecule has 0 spiro atoms. The van der Waals surface area contributed by atoms with Crippen molar-refractivity contribution in [2.45, 2.75) is 38.8 Å². The highest BCUT2D eigenvalue weighted by molar-refractivity contribution is 6.34. The molecule has 0 saturated heterocycles. The standard InChI is InChI=1S/C17H24ClN3O3.ClH/c1-5-24-13-9-17(19,16(13,2)3)15(23)21-10-6-7-11(12(18)8-10)14(22)20-4;/h6-8,13H,5,9,19H2,1-4H3,(H,20,22)(H,21,23);1H. The van der Waals surface area contributed by atoms with E-state index < -0.39 is 11.0 Å². The Morgan fingerprint density at radius 2 is 2.04 bits per heavy atom. The lowest BCUT2D eigenvalue weighted by Crippen LogP contribution is -2.74. The number of amides is 2. The molecule has 0 heterocycles. The van der Waals surface area contributed by atoms with Crippen molar-refractivity contribution in [3.63, 3.8) is 0 Å². The Balaban J connectivity index is 0.00000312. The molecule has 1 fully saturated rings. The fourth-order valence-corrected chi connectivity index (χ4v) is 3.24. The van der Waals surface area contributed by atoms with Gasteiger partial charge in [-0.2, -0.15) is 0 Å². The van der Waals surface area contributed by atoms with Crippen molar-refractivity contribution in [3.05, 3.63) is 28.8 Å². The topological polar surface area (TPSA) is 93.4 Å². The van der Waals surface area contributed by atoms with Crippen molar-refractivity contribution in [1.29, 1.82) is 0 Å². The van der Waals surface area contributed by atoms with Crippen LogP contribution in [0.2, 0.25) is 5.02 Å². The average Bonchev–Trinajstić information content (AvgIpc) is 2.53. The molecule has 1 aromatic rings. The second kappa shape index (κ2) is 7.91. The minimum Gasteiger partial charge on any atom is -0.378 e. The van der Waals surface area contributed by atoms with Crippen LogP contribution in [0, 0.1) is 5.41 Å². The Labute approximate surface area is 159 Å². The fraction of sp³-hybridized carbons (Fsp3) is 0.529. The molecular weight excluding hydrogens is 365 g/mol. The summed E-state index contributed by atoms with van der Waals surface area (Å²) in [6.45, 7) is 6.36. The zero-order valence-corrected chi connectivity index (χ0v) is 16.4. The van der Waals surface area contributed by atoms with Crippen LogP contribution in [0.4, 0.5) is 5.69 Å². The predicted octanol–water partition coefficient (Wildman–Crippen LogP) is 2.59. The summed E-state index contributed by atoms with van der Waals surface area (Å²) in [7, 11) is 1.53. The highest BCUT2D eigenvalue weighted by atomic mass is 35.5. The van der Waals surface area contributed by atoms with Gasteiger partial charge in [0.15, 0.2) is 0 Å². The summed E-state index contributed by atoms with van der Waals surface area (Å²) in [5, 5.41) is 5.56. The van der Waals surface area contributed by atoms with Crippen LogP contribution in [0.25, 0.3) is 0 Å². The van der Waals surface area contributed by atoms with Crippen LogP contribution in [-0.4, -0.2) is 37.1 Å². The number of carbonyl (C=O) groups is 2. The summed E-state index contributed by atoms with van der Waals surface area (Å²) < 4.78 is 5.64. The van der Waals surface area contributed by atoms with Gasteiger partial charge in [-0.25, -0.2) is 0 Å². The number of rotatable bonds is 5. The lowest BCUT2D eigenvalue weighted by Gasteiger charge is -2.57. The van der Waals surface area contributed by atoms with Gasteiger partial charge < -0.3 is 21.1 Å². The highest BCUT2D eigenvalue weighted by Crippen LogP contribution is 2.50. The monoisotopic (exact) mass is 389 g/mol. The van der Waals surface area contributed by atoms with Gasteiger partial charge in [0, 0.05) is 31.2 Å². The van der Waals surface area contributed by atoms with Crippen LogP contribution in [0.15, 0.2) is 18.2 Å². The maximum atomic E-state index is 12.7. The summed E-state index contributed by atoms with van der Waals surface area (Å²) in [4.78, 5) is 24.3. The molecule has 8 heteroatoms. The van der Waals surface area contributed by atoms with E-state index in [0.29, 0.717) is 24.3 Å². The number of nitrogens with two attached hydrogens (primary N) is 1. The van der Waals surface area contributed by atoms with Crippen LogP contribution in [0.5, 0.6) is 0 Å². The van der Waals surface area contributed by atoms with Crippen molar-refractivity contribution < 1.29 is 14.3 Å². The molecule has 1 aliphatic carbocycles. The predicted molar refractivity (Wildman–Crippen MR) is 101 cm³/mol. The summed E-state index contributed by atoms with van der Waals surface area (Å²) in [5.74, 6) is -0.569. The molecule has 2 unspecified atom stereocenters. The largest absolute Gasteiger partial charge is 0.378 e. The van der Waals surface area contributed by atoms with E-state index in [4.69, 9.17) is 22.1 Å². The van der Waals surface area contributed by atoms with Gasteiger partial charge in [-0.15, -0.1) is 12.4 Å². The zero-order chi connectivity index (χ0) is 18.1. The number of anilines is 1. The van der Waals surface area contributed by atoms with Crippen molar-refractivity contribution >= 4 is 41.5 Å². The second-order valence-corrected chi connectivity index (χ2v) is 6.98. The molecule has 1 aliphatic rings. The van der Waals surface area contributed by atoms with E-state index in [1.54, 1.807) is 18.2 Å². The van der Waals surface area contributed by atoms with Crippen molar-refractivity contribution in [2.24, 2.45) is 11.1 Å². The first-order valence-electron chi connectivity index (χ1n) is 7.91. The number of hydrogen-bond donors (Lipinski definition) is 3. The van der Waals surface area contributed by atoms with E-state index in [9.17, 15) is 9.59 Å². The fourth-order valence-electron chi connectivity index (χ4n) is 2.97. The molecular formula is C17H25Cl2N3O3. The van der Waals surface area contributed by atoms with E-state index in [2.05, 4.69) is 10.6 Å². The molecule has 2 amide bonds. The third-order valence-electron chi connectivity index (χ3n) is 4.93. The van der Waals surface area contributed by atoms with Crippen molar-refractivity contribution in [2.75, 3.05) is 19.0 Å². The van der Waals surface area contributed by atoms with Gasteiger partial charge in [0.05, 0.1) is 16.7 Å². The lowest BCUT2D eigenvalue weighted by atomic mass is 9.54. The molecule has 25 heavy (non-hydrogen) atoms. The number of benzene rings is 1. The summed E-state index contributed by atoms with van der Waals surface area (Å²) in [6.07, 6.45) is 0.418. The number of nitrogens with one attached hydrogen (secondary N) is 2. The lowest BCUT2D eigenvalue weighted by molar-refractivity contribution is -0.166. The molecule has 0 aromatic heterocycles. The maximum Gasteiger partial charge on any atom is 0.252 e. The van der Waals surface area contributed by atoms with E-state index >= 15 is 0 Å². The normalized spacial score (nSPS) is 23.8. The molecule has 0 bridgehead atoms. The Morgan fingerprint density at radius 1 is 1.40 bits per heavy atom. The number of halogens is 2. The molecule has 0 radical (unpaired) electrons. The second-order valence-electron chi connectivity index (χ2n) is 6.57. The molecule has 0 aliphatic heterocycles. The Bertz CT molecular complexity index is 667. The molecule has 4 N–H and O–H groups in total. The van der Waals surface area contributed by atoms with Crippen LogP contribution < -0.4 is 16.4 Å². The SMILES string of the molecule is CCOC1CC(N)(C(=O)Nc2ccc(C(=O)NC)c(Cl)c2)C1(C)C.Cl. The van der Waals surface area contributed by atoms with E-state index in [0.717, 1.165) is 0 Å². The van der Waals surface area contributed by atoms with Gasteiger partial charge >= 0.3 is 0 Å². The van der Waals surface area contributed by atoms with E-state index in [1.807, 2.05) is 20.8 Å². The quantitative estimate of drug-likeness (QED) is 0.721. The van der Waals surface area contributed by atoms with Crippen LogP contribution >= 0.6 is 24.0 Å². The first-order valence-corrected chi connectivity index (χ1v) is 8.28. The smallest absolute Gasteiger partial charge is 0.252 e. The van der Waals surface area contributed by atoms with Gasteiger partial charge in [-0.05, 0) is 25.1 Å². The molecule has 6 nitrogen and oxygen atoms in total. The number of ether oxygens (including phenoxy) is 1. The van der Waals surface area contributed by atoms with Gasteiger partial charge in [0.2, 0.25) is 5.91 Å². The van der Waals surface area contributed by atoms with E-state index in [1.165, 1.54) is 7.05 Å². The third-order valence-corrected chi connectivity index (χ3v) is 5.25. The first kappa shape index (κ1) is 21.7. The molecule has 1 aromatic carbocycles. The Hall–Kier alpha value is -1.34. The van der Waals surface area contributed by atoms with Crippen LogP contribution in [0.1, 0.15) is 37.6 Å². The Kier molecular flexibility index (Phi) is 6.87. The maximum absolute atomic E-state index is 12.7.